The van der Waals surface area contributed by atoms with Gasteiger partial charge in [0.2, 0.25) is 0 Å². The highest BCUT2D eigenvalue weighted by Crippen LogP contribution is 2.27. The Labute approximate surface area is 99.5 Å². The lowest BCUT2D eigenvalue weighted by molar-refractivity contribution is 0.526. The molecule has 16 heavy (non-hydrogen) atoms. The van der Waals surface area contributed by atoms with Crippen molar-refractivity contribution in [3.8, 4) is 0 Å². The third-order valence-electron chi connectivity index (χ3n) is 2.97. The quantitative estimate of drug-likeness (QED) is 0.814. The molecule has 1 aromatic carbocycles. The summed E-state index contributed by atoms with van der Waals surface area (Å²) in [5.41, 5.74) is 2.57. The fourth-order valence-corrected chi connectivity index (χ4v) is 1.83. The first-order valence-corrected chi connectivity index (χ1v) is 5.80. The van der Waals surface area contributed by atoms with Crippen LogP contribution in [0.5, 0.6) is 0 Å². The SMILES string of the molecule is Cn1c(=O)oc2cc(C(C)(C)CS)ccc21. The van der Waals surface area contributed by atoms with Crippen LogP contribution < -0.4 is 5.76 Å². The van der Waals surface area contributed by atoms with Gasteiger partial charge in [-0.3, -0.25) is 4.57 Å². The monoisotopic (exact) mass is 237 g/mol. The van der Waals surface area contributed by atoms with Crippen LogP contribution in [0.3, 0.4) is 0 Å². The maximum atomic E-state index is 11.4. The van der Waals surface area contributed by atoms with Crippen LogP contribution in [0.15, 0.2) is 27.4 Å². The minimum atomic E-state index is -0.323. The van der Waals surface area contributed by atoms with E-state index in [0.29, 0.717) is 5.58 Å². The number of nitrogens with zero attached hydrogens (tertiary/aromatic N) is 1. The number of aromatic nitrogens is 1. The summed E-state index contributed by atoms with van der Waals surface area (Å²) in [5, 5.41) is 0. The summed E-state index contributed by atoms with van der Waals surface area (Å²) in [6, 6.07) is 5.86. The maximum Gasteiger partial charge on any atom is 0.419 e. The second-order valence-corrected chi connectivity index (χ2v) is 4.97. The molecule has 0 aliphatic rings. The van der Waals surface area contributed by atoms with Crippen LogP contribution in [-0.4, -0.2) is 10.3 Å². The van der Waals surface area contributed by atoms with Crippen molar-refractivity contribution in [1.82, 2.24) is 4.57 Å². The molecule has 4 heteroatoms. The van der Waals surface area contributed by atoms with Gasteiger partial charge in [0.1, 0.15) is 0 Å². The van der Waals surface area contributed by atoms with E-state index in [1.165, 1.54) is 4.57 Å². The lowest BCUT2D eigenvalue weighted by Gasteiger charge is -2.22. The molecule has 0 atom stereocenters. The van der Waals surface area contributed by atoms with Crippen LogP contribution in [0.2, 0.25) is 0 Å². The fourth-order valence-electron chi connectivity index (χ4n) is 1.65. The predicted molar refractivity (Wildman–Crippen MR) is 68.3 cm³/mol. The smallest absolute Gasteiger partial charge is 0.408 e. The zero-order valence-electron chi connectivity index (χ0n) is 9.65. The van der Waals surface area contributed by atoms with Gasteiger partial charge < -0.3 is 4.42 Å². The summed E-state index contributed by atoms with van der Waals surface area (Å²) in [5.74, 6) is 0.422. The van der Waals surface area contributed by atoms with Crippen LogP contribution in [0.4, 0.5) is 0 Å². The molecule has 0 radical (unpaired) electrons. The molecule has 0 amide bonds. The molecular weight excluding hydrogens is 222 g/mol. The highest BCUT2D eigenvalue weighted by molar-refractivity contribution is 7.80. The summed E-state index contributed by atoms with van der Waals surface area (Å²) < 4.78 is 6.67. The second-order valence-electron chi connectivity index (χ2n) is 4.65. The van der Waals surface area contributed by atoms with Gasteiger partial charge in [0.15, 0.2) is 5.58 Å². The third kappa shape index (κ3) is 1.67. The molecular formula is C12H15NO2S. The van der Waals surface area contributed by atoms with E-state index < -0.39 is 0 Å². The average Bonchev–Trinajstić information content (AvgIpc) is 2.54. The van der Waals surface area contributed by atoms with E-state index in [2.05, 4.69) is 26.5 Å². The van der Waals surface area contributed by atoms with Crippen molar-refractivity contribution in [2.45, 2.75) is 19.3 Å². The first-order valence-electron chi connectivity index (χ1n) is 5.16. The summed E-state index contributed by atoms with van der Waals surface area (Å²) in [6.07, 6.45) is 0. The average molecular weight is 237 g/mol. The number of hydrogen-bond donors (Lipinski definition) is 1. The van der Waals surface area contributed by atoms with Gasteiger partial charge in [-0.05, 0) is 28.9 Å². The Balaban J connectivity index is 2.66. The normalized spacial score (nSPS) is 12.2. The second kappa shape index (κ2) is 3.70. The molecule has 0 saturated carbocycles. The molecule has 1 heterocycles. The molecule has 1 aromatic heterocycles. The minimum Gasteiger partial charge on any atom is -0.408 e. The van der Waals surface area contributed by atoms with Gasteiger partial charge >= 0.3 is 5.76 Å². The van der Waals surface area contributed by atoms with Crippen molar-refractivity contribution in [1.29, 1.82) is 0 Å². The van der Waals surface area contributed by atoms with Gasteiger partial charge in [0, 0.05) is 7.05 Å². The Kier molecular flexibility index (Phi) is 2.62. The number of hydrogen-bond acceptors (Lipinski definition) is 3. The zero-order chi connectivity index (χ0) is 11.9. The molecule has 0 unspecified atom stereocenters. The summed E-state index contributed by atoms with van der Waals surface area (Å²) >= 11 is 4.33. The largest absolute Gasteiger partial charge is 0.419 e. The van der Waals surface area contributed by atoms with E-state index in [9.17, 15) is 4.79 Å². The standard InChI is InChI=1S/C12H15NO2S/c1-12(2,7-16)8-4-5-9-10(6-8)15-11(14)13(9)3/h4-6,16H,7H2,1-3H3. The topological polar surface area (TPSA) is 35.1 Å². The molecule has 0 aliphatic heterocycles. The van der Waals surface area contributed by atoms with E-state index in [1.54, 1.807) is 7.05 Å². The Hall–Kier alpha value is -1.16. The fraction of sp³-hybridized carbons (Fsp3) is 0.417. The Morgan fingerprint density at radius 1 is 1.44 bits per heavy atom. The van der Waals surface area contributed by atoms with Gasteiger partial charge in [-0.15, -0.1) is 0 Å². The third-order valence-corrected chi connectivity index (χ3v) is 3.76. The first kappa shape index (κ1) is 11.3. The number of aryl methyl sites for hydroxylation is 1. The van der Waals surface area contributed by atoms with Crippen LogP contribution in [0.1, 0.15) is 19.4 Å². The van der Waals surface area contributed by atoms with Crippen LogP contribution in [0.25, 0.3) is 11.1 Å². The first-order chi connectivity index (χ1) is 7.45. The number of rotatable bonds is 2. The van der Waals surface area contributed by atoms with E-state index in [0.717, 1.165) is 16.8 Å². The predicted octanol–water partition coefficient (Wildman–Crippen LogP) is 2.34. The van der Waals surface area contributed by atoms with Gasteiger partial charge in [0.05, 0.1) is 5.52 Å². The van der Waals surface area contributed by atoms with Crippen molar-refractivity contribution in [2.24, 2.45) is 7.05 Å². The van der Waals surface area contributed by atoms with Crippen molar-refractivity contribution < 1.29 is 4.42 Å². The molecule has 3 nitrogen and oxygen atoms in total. The lowest BCUT2D eigenvalue weighted by Crippen LogP contribution is -2.18. The molecule has 0 fully saturated rings. The lowest BCUT2D eigenvalue weighted by atomic mass is 9.87. The van der Waals surface area contributed by atoms with E-state index >= 15 is 0 Å². The number of fused-ring (bicyclic) bond motifs is 1. The zero-order valence-corrected chi connectivity index (χ0v) is 10.5. The highest BCUT2D eigenvalue weighted by Gasteiger charge is 2.20. The number of thiol groups is 1. The van der Waals surface area contributed by atoms with Gasteiger partial charge in [-0.1, -0.05) is 19.9 Å². The molecule has 0 bridgehead atoms. The van der Waals surface area contributed by atoms with Crippen molar-refractivity contribution >= 4 is 23.7 Å². The summed E-state index contributed by atoms with van der Waals surface area (Å²) in [7, 11) is 1.71. The van der Waals surface area contributed by atoms with Crippen molar-refractivity contribution in [3.05, 3.63) is 34.3 Å². The van der Waals surface area contributed by atoms with E-state index in [4.69, 9.17) is 4.42 Å². The van der Waals surface area contributed by atoms with E-state index in [-0.39, 0.29) is 11.2 Å². The Morgan fingerprint density at radius 2 is 2.12 bits per heavy atom. The Bertz CT molecular complexity index is 580. The molecule has 0 spiro atoms. The summed E-state index contributed by atoms with van der Waals surface area (Å²) in [6.45, 7) is 4.23. The number of oxazole rings is 1. The van der Waals surface area contributed by atoms with Crippen molar-refractivity contribution in [2.75, 3.05) is 5.75 Å². The van der Waals surface area contributed by atoms with Crippen molar-refractivity contribution in [3.63, 3.8) is 0 Å². The summed E-state index contributed by atoms with van der Waals surface area (Å²) in [4.78, 5) is 11.4. The maximum absolute atomic E-state index is 11.4. The molecule has 0 N–H and O–H groups in total. The minimum absolute atomic E-state index is 0.0221. The van der Waals surface area contributed by atoms with Crippen LogP contribution in [-0.2, 0) is 12.5 Å². The van der Waals surface area contributed by atoms with Crippen LogP contribution in [0, 0.1) is 0 Å². The van der Waals surface area contributed by atoms with Gasteiger partial charge in [-0.2, -0.15) is 12.6 Å². The van der Waals surface area contributed by atoms with Crippen LogP contribution >= 0.6 is 12.6 Å². The van der Waals surface area contributed by atoms with Gasteiger partial charge in [-0.25, -0.2) is 4.79 Å². The molecule has 86 valence electrons. The van der Waals surface area contributed by atoms with E-state index in [1.807, 2.05) is 18.2 Å². The number of benzene rings is 1. The van der Waals surface area contributed by atoms with Gasteiger partial charge in [0.25, 0.3) is 0 Å². The molecule has 0 saturated heterocycles. The molecule has 0 aliphatic carbocycles. The highest BCUT2D eigenvalue weighted by atomic mass is 32.1. The molecule has 2 rings (SSSR count). The Morgan fingerprint density at radius 3 is 2.75 bits per heavy atom. The molecule has 2 aromatic rings.